The molecule has 2 aromatic heterocycles. The van der Waals surface area contributed by atoms with Gasteiger partial charge >= 0.3 is 0 Å². The van der Waals surface area contributed by atoms with Crippen molar-refractivity contribution in [2.24, 2.45) is 7.05 Å². The zero-order valence-electron chi connectivity index (χ0n) is 11.3. The van der Waals surface area contributed by atoms with E-state index in [2.05, 4.69) is 15.0 Å². The summed E-state index contributed by atoms with van der Waals surface area (Å²) in [7, 11) is -1.31. The van der Waals surface area contributed by atoms with Gasteiger partial charge < -0.3 is 4.57 Å². The van der Waals surface area contributed by atoms with Gasteiger partial charge in [-0.25, -0.2) is 13.1 Å². The number of rotatable bonds is 1. The number of anilines is 1. The Hall–Kier alpha value is -2.35. The SMILES string of the molecule is Cn1ccc2cc(-c3nnn4c3NS(=O)(=O)CC4)ccc21. The summed E-state index contributed by atoms with van der Waals surface area (Å²) in [6.07, 6.45) is 1.98. The number of sulfonamides is 1. The highest BCUT2D eigenvalue weighted by molar-refractivity contribution is 7.92. The second-order valence-electron chi connectivity index (χ2n) is 5.13. The largest absolute Gasteiger partial charge is 0.351 e. The van der Waals surface area contributed by atoms with Crippen LogP contribution >= 0.6 is 0 Å². The Labute approximate surface area is 121 Å². The number of nitrogens with zero attached hydrogens (tertiary/aromatic N) is 4. The van der Waals surface area contributed by atoms with Crippen LogP contribution in [0.5, 0.6) is 0 Å². The second kappa shape index (κ2) is 4.08. The maximum Gasteiger partial charge on any atom is 0.235 e. The van der Waals surface area contributed by atoms with E-state index in [4.69, 9.17) is 0 Å². The summed E-state index contributed by atoms with van der Waals surface area (Å²) in [5.41, 5.74) is 2.52. The Morgan fingerprint density at radius 2 is 2.14 bits per heavy atom. The number of aryl methyl sites for hydroxylation is 2. The van der Waals surface area contributed by atoms with Crippen LogP contribution in [0.3, 0.4) is 0 Å². The smallest absolute Gasteiger partial charge is 0.235 e. The molecule has 0 radical (unpaired) electrons. The molecule has 0 saturated heterocycles. The Morgan fingerprint density at radius 3 is 3.00 bits per heavy atom. The predicted molar refractivity (Wildman–Crippen MR) is 79.3 cm³/mol. The zero-order valence-corrected chi connectivity index (χ0v) is 12.1. The highest BCUT2D eigenvalue weighted by Gasteiger charge is 2.25. The highest BCUT2D eigenvalue weighted by atomic mass is 32.2. The first-order chi connectivity index (χ1) is 10.0. The molecule has 108 valence electrons. The van der Waals surface area contributed by atoms with Crippen LogP contribution in [0.15, 0.2) is 30.5 Å². The van der Waals surface area contributed by atoms with Crippen molar-refractivity contribution in [3.8, 4) is 11.3 Å². The van der Waals surface area contributed by atoms with Gasteiger partial charge in [0.05, 0.1) is 12.3 Å². The molecule has 1 aliphatic rings. The van der Waals surface area contributed by atoms with E-state index in [-0.39, 0.29) is 5.75 Å². The molecule has 1 aliphatic heterocycles. The lowest BCUT2D eigenvalue weighted by molar-refractivity contribution is 0.570. The molecule has 3 aromatic rings. The van der Waals surface area contributed by atoms with Crippen LogP contribution in [0.2, 0.25) is 0 Å². The minimum Gasteiger partial charge on any atom is -0.351 e. The monoisotopic (exact) mass is 303 g/mol. The fourth-order valence-electron chi connectivity index (χ4n) is 2.60. The molecule has 21 heavy (non-hydrogen) atoms. The first-order valence-electron chi connectivity index (χ1n) is 6.53. The third kappa shape index (κ3) is 1.90. The standard InChI is InChI=1S/C13H13N5O2S/c1-17-5-4-9-8-10(2-3-11(9)17)12-13-15-21(19,20)7-6-18(13)16-14-12/h2-5,8,15H,6-7H2,1H3. The fourth-order valence-corrected chi connectivity index (χ4v) is 3.61. The molecule has 0 unspecified atom stereocenters. The van der Waals surface area contributed by atoms with E-state index in [1.807, 2.05) is 42.1 Å². The lowest BCUT2D eigenvalue weighted by Gasteiger charge is -2.16. The van der Waals surface area contributed by atoms with Crippen LogP contribution in [0, 0.1) is 0 Å². The van der Waals surface area contributed by atoms with Crippen LogP contribution in [0.25, 0.3) is 22.2 Å². The van der Waals surface area contributed by atoms with Crippen LogP contribution in [0.4, 0.5) is 5.82 Å². The number of hydrogen-bond acceptors (Lipinski definition) is 4. The summed E-state index contributed by atoms with van der Waals surface area (Å²) in [6, 6.07) is 7.92. The van der Waals surface area contributed by atoms with Gasteiger partial charge in [-0.2, -0.15) is 0 Å². The quantitative estimate of drug-likeness (QED) is 0.732. The fraction of sp³-hybridized carbons (Fsp3) is 0.231. The van der Waals surface area contributed by atoms with Gasteiger partial charge in [0.2, 0.25) is 10.0 Å². The summed E-state index contributed by atoms with van der Waals surface area (Å²) < 4.78 is 29.6. The zero-order chi connectivity index (χ0) is 14.6. The van der Waals surface area contributed by atoms with Crippen molar-refractivity contribution in [2.45, 2.75) is 6.54 Å². The van der Waals surface area contributed by atoms with Crippen LogP contribution < -0.4 is 4.72 Å². The van der Waals surface area contributed by atoms with Crippen molar-refractivity contribution >= 4 is 26.7 Å². The molecule has 0 atom stereocenters. The van der Waals surface area contributed by atoms with Crippen molar-refractivity contribution in [1.82, 2.24) is 19.6 Å². The van der Waals surface area contributed by atoms with Crippen LogP contribution in [0.1, 0.15) is 0 Å². The Morgan fingerprint density at radius 1 is 1.29 bits per heavy atom. The molecule has 0 spiro atoms. The lowest BCUT2D eigenvalue weighted by Crippen LogP contribution is -2.28. The van der Waals surface area contributed by atoms with Gasteiger partial charge in [-0.05, 0) is 18.2 Å². The summed E-state index contributed by atoms with van der Waals surface area (Å²) in [5, 5.41) is 9.22. The van der Waals surface area contributed by atoms with Crippen molar-refractivity contribution < 1.29 is 8.42 Å². The molecule has 0 fully saturated rings. The Bertz CT molecular complexity index is 954. The maximum absolute atomic E-state index is 11.7. The van der Waals surface area contributed by atoms with Crippen LogP contribution in [-0.4, -0.2) is 33.7 Å². The molecule has 3 heterocycles. The van der Waals surface area contributed by atoms with Gasteiger partial charge in [0.15, 0.2) is 5.82 Å². The predicted octanol–water partition coefficient (Wildman–Crippen LogP) is 1.19. The van der Waals surface area contributed by atoms with Gasteiger partial charge in [0.1, 0.15) is 5.69 Å². The van der Waals surface area contributed by atoms with Gasteiger partial charge in [-0.15, -0.1) is 5.10 Å². The van der Waals surface area contributed by atoms with Crippen molar-refractivity contribution in [3.05, 3.63) is 30.5 Å². The maximum atomic E-state index is 11.7. The van der Waals surface area contributed by atoms with Gasteiger partial charge in [-0.3, -0.25) is 4.72 Å². The third-order valence-corrected chi connectivity index (χ3v) is 4.94. The van der Waals surface area contributed by atoms with E-state index in [0.717, 1.165) is 16.5 Å². The topological polar surface area (TPSA) is 81.8 Å². The molecule has 1 N–H and O–H groups in total. The van der Waals surface area contributed by atoms with E-state index < -0.39 is 10.0 Å². The number of nitrogens with one attached hydrogen (secondary N) is 1. The minimum atomic E-state index is -3.29. The summed E-state index contributed by atoms with van der Waals surface area (Å²) >= 11 is 0. The van der Waals surface area contributed by atoms with E-state index in [1.165, 1.54) is 0 Å². The first-order valence-corrected chi connectivity index (χ1v) is 8.18. The minimum absolute atomic E-state index is 0.0283. The average Bonchev–Trinajstić information content (AvgIpc) is 3.01. The Balaban J connectivity index is 1.88. The number of hydrogen-bond donors (Lipinski definition) is 1. The van der Waals surface area contributed by atoms with E-state index >= 15 is 0 Å². The molecular formula is C13H13N5O2S. The van der Waals surface area contributed by atoms with E-state index in [1.54, 1.807) is 4.68 Å². The van der Waals surface area contributed by atoms with Gasteiger partial charge in [0.25, 0.3) is 0 Å². The summed E-state index contributed by atoms with van der Waals surface area (Å²) in [6.45, 7) is 0.325. The molecule has 0 saturated carbocycles. The van der Waals surface area contributed by atoms with Gasteiger partial charge in [-0.1, -0.05) is 11.3 Å². The molecule has 1 aromatic carbocycles. The van der Waals surface area contributed by atoms with Crippen molar-refractivity contribution in [1.29, 1.82) is 0 Å². The lowest BCUT2D eigenvalue weighted by atomic mass is 10.1. The number of benzene rings is 1. The Kier molecular flexibility index (Phi) is 2.41. The van der Waals surface area contributed by atoms with E-state index in [0.29, 0.717) is 18.1 Å². The molecular weight excluding hydrogens is 290 g/mol. The summed E-state index contributed by atoms with van der Waals surface area (Å²) in [4.78, 5) is 0. The van der Waals surface area contributed by atoms with Crippen molar-refractivity contribution in [3.63, 3.8) is 0 Å². The molecule has 0 bridgehead atoms. The van der Waals surface area contributed by atoms with Gasteiger partial charge in [0, 0.05) is 29.7 Å². The normalized spacial score (nSPS) is 16.6. The van der Waals surface area contributed by atoms with E-state index in [9.17, 15) is 8.42 Å². The average molecular weight is 303 g/mol. The first kappa shape index (κ1) is 12.4. The van der Waals surface area contributed by atoms with Crippen molar-refractivity contribution in [2.75, 3.05) is 10.5 Å². The molecule has 8 heteroatoms. The molecule has 7 nitrogen and oxygen atoms in total. The molecule has 0 aliphatic carbocycles. The summed E-state index contributed by atoms with van der Waals surface area (Å²) in [5.74, 6) is 0.470. The number of aromatic nitrogens is 4. The third-order valence-electron chi connectivity index (χ3n) is 3.72. The second-order valence-corrected chi connectivity index (χ2v) is 6.97. The molecule has 4 rings (SSSR count). The van der Waals surface area contributed by atoms with Crippen LogP contribution in [-0.2, 0) is 23.6 Å². The highest BCUT2D eigenvalue weighted by Crippen LogP contribution is 2.30. The molecule has 0 amide bonds. The number of fused-ring (bicyclic) bond motifs is 2.